The van der Waals surface area contributed by atoms with Gasteiger partial charge in [-0.1, -0.05) is 38.4 Å². The van der Waals surface area contributed by atoms with Gasteiger partial charge in [0.1, 0.15) is 0 Å². The summed E-state index contributed by atoms with van der Waals surface area (Å²) in [5, 5.41) is 0. The molecule has 0 bridgehead atoms. The lowest BCUT2D eigenvalue weighted by Crippen LogP contribution is -2.45. The van der Waals surface area contributed by atoms with Gasteiger partial charge in [-0.2, -0.15) is 0 Å². The summed E-state index contributed by atoms with van der Waals surface area (Å²) >= 11 is 4.91. The number of nitrogens with zero attached hydrogens (tertiary/aromatic N) is 1. The number of nitrogens with two attached hydrogens (primary N) is 1. The lowest BCUT2D eigenvalue weighted by Gasteiger charge is -2.37. The van der Waals surface area contributed by atoms with Crippen LogP contribution in [0.15, 0.2) is 0 Å². The van der Waals surface area contributed by atoms with Crippen molar-refractivity contribution in [2.45, 2.75) is 45.4 Å². The number of methoxy groups -OCH3 is 1. The van der Waals surface area contributed by atoms with E-state index in [-0.39, 0.29) is 11.3 Å². The second kappa shape index (κ2) is 7.80. The highest BCUT2D eigenvalue weighted by atomic mass is 32.1. The van der Waals surface area contributed by atoms with E-state index in [1.165, 1.54) is 6.42 Å². The van der Waals surface area contributed by atoms with Gasteiger partial charge in [-0.25, -0.2) is 0 Å². The molecule has 0 aromatic carbocycles. The molecule has 0 heterocycles. The Hall–Kier alpha value is -0.680. The first kappa shape index (κ1) is 16.4. The van der Waals surface area contributed by atoms with Crippen molar-refractivity contribution in [1.29, 1.82) is 0 Å². The van der Waals surface area contributed by atoms with Crippen molar-refractivity contribution in [2.24, 2.45) is 11.1 Å². The maximum absolute atomic E-state index is 12.7. The van der Waals surface area contributed by atoms with Gasteiger partial charge >= 0.3 is 0 Å². The summed E-state index contributed by atoms with van der Waals surface area (Å²) < 4.78 is 5.09. The largest absolute Gasteiger partial charge is 0.393 e. The van der Waals surface area contributed by atoms with Gasteiger partial charge in [0.15, 0.2) is 0 Å². The average Bonchev–Trinajstić information content (AvgIpc) is 2.39. The average molecular weight is 286 g/mol. The van der Waals surface area contributed by atoms with Crippen LogP contribution in [0.25, 0.3) is 0 Å². The Kier molecular flexibility index (Phi) is 6.72. The van der Waals surface area contributed by atoms with E-state index < -0.39 is 0 Å². The monoisotopic (exact) mass is 286 g/mol. The number of thiocarbonyl (C=S) groups is 1. The number of hydrogen-bond donors (Lipinski definition) is 1. The summed E-state index contributed by atoms with van der Waals surface area (Å²) in [5.74, 6) is 0.237. The Morgan fingerprint density at radius 3 is 2.47 bits per heavy atom. The molecule has 1 fully saturated rings. The minimum Gasteiger partial charge on any atom is -0.393 e. The number of amides is 1. The summed E-state index contributed by atoms with van der Waals surface area (Å²) in [4.78, 5) is 15.1. The Balaban J connectivity index is 2.65. The van der Waals surface area contributed by atoms with Gasteiger partial charge in [0, 0.05) is 32.0 Å². The van der Waals surface area contributed by atoms with Crippen LogP contribution in [0.2, 0.25) is 0 Å². The van der Waals surface area contributed by atoms with Crippen LogP contribution in [0.4, 0.5) is 0 Å². The minimum absolute atomic E-state index is 0.206. The van der Waals surface area contributed by atoms with Crippen LogP contribution in [-0.2, 0) is 9.53 Å². The quantitative estimate of drug-likeness (QED) is 0.728. The topological polar surface area (TPSA) is 55.6 Å². The molecule has 1 aliphatic rings. The predicted molar refractivity (Wildman–Crippen MR) is 81.1 cm³/mol. The Morgan fingerprint density at radius 2 is 1.95 bits per heavy atom. The molecule has 1 amide bonds. The van der Waals surface area contributed by atoms with Crippen molar-refractivity contribution in [3.05, 3.63) is 0 Å². The maximum atomic E-state index is 12.7. The van der Waals surface area contributed by atoms with Crippen LogP contribution in [0.1, 0.15) is 45.4 Å². The van der Waals surface area contributed by atoms with E-state index in [1.54, 1.807) is 7.11 Å². The molecule has 5 heteroatoms. The van der Waals surface area contributed by atoms with Crippen LogP contribution in [0, 0.1) is 5.41 Å². The fourth-order valence-electron chi connectivity index (χ4n) is 2.69. The first-order valence-corrected chi connectivity index (χ1v) is 7.47. The third kappa shape index (κ3) is 5.07. The molecule has 1 aliphatic carbocycles. The van der Waals surface area contributed by atoms with E-state index in [2.05, 4.69) is 6.92 Å². The SMILES string of the molecule is COCCN(CCC(N)=S)C(=O)C1(C)CCCCC1. The molecule has 0 unspecified atom stereocenters. The Morgan fingerprint density at radius 1 is 1.32 bits per heavy atom. The summed E-state index contributed by atoms with van der Waals surface area (Å²) in [6.07, 6.45) is 6.10. The van der Waals surface area contributed by atoms with E-state index in [0.29, 0.717) is 31.1 Å². The standard InChI is InChI=1S/C14H26N2O2S/c1-14(7-4-3-5-8-14)13(17)16(10-11-18-2)9-6-12(15)19/h3-11H2,1-2H3,(H2,15,19). The van der Waals surface area contributed by atoms with Crippen LogP contribution in [-0.4, -0.2) is 42.6 Å². The number of hydrogen-bond acceptors (Lipinski definition) is 3. The van der Waals surface area contributed by atoms with E-state index in [9.17, 15) is 4.79 Å². The highest BCUT2D eigenvalue weighted by molar-refractivity contribution is 7.80. The summed E-state index contributed by atoms with van der Waals surface area (Å²) in [6, 6.07) is 0. The molecule has 1 rings (SSSR count). The second-order valence-electron chi connectivity index (χ2n) is 5.62. The molecule has 0 aromatic rings. The van der Waals surface area contributed by atoms with Crippen molar-refractivity contribution in [2.75, 3.05) is 26.8 Å². The summed E-state index contributed by atoms with van der Waals surface area (Å²) in [7, 11) is 1.65. The van der Waals surface area contributed by atoms with Gasteiger partial charge < -0.3 is 15.4 Å². The van der Waals surface area contributed by atoms with Crippen molar-refractivity contribution >= 4 is 23.1 Å². The molecule has 0 saturated heterocycles. The highest BCUT2D eigenvalue weighted by Crippen LogP contribution is 2.37. The zero-order valence-corrected chi connectivity index (χ0v) is 12.9. The van der Waals surface area contributed by atoms with E-state index in [4.69, 9.17) is 22.7 Å². The molecule has 19 heavy (non-hydrogen) atoms. The minimum atomic E-state index is -0.206. The second-order valence-corrected chi connectivity index (χ2v) is 6.15. The van der Waals surface area contributed by atoms with Crippen molar-refractivity contribution in [1.82, 2.24) is 4.90 Å². The van der Waals surface area contributed by atoms with Crippen LogP contribution in [0.5, 0.6) is 0 Å². The fourth-order valence-corrected chi connectivity index (χ4v) is 2.78. The molecule has 4 nitrogen and oxygen atoms in total. The fraction of sp³-hybridized carbons (Fsp3) is 0.857. The van der Waals surface area contributed by atoms with E-state index in [0.717, 1.165) is 25.7 Å². The van der Waals surface area contributed by atoms with Gasteiger partial charge in [0.2, 0.25) is 5.91 Å². The van der Waals surface area contributed by atoms with E-state index in [1.807, 2.05) is 4.90 Å². The normalized spacial score (nSPS) is 18.0. The van der Waals surface area contributed by atoms with Crippen molar-refractivity contribution in [3.63, 3.8) is 0 Å². The number of rotatable bonds is 7. The molecule has 0 aromatic heterocycles. The molecule has 0 radical (unpaired) electrons. The predicted octanol–water partition coefficient (Wildman–Crippen LogP) is 2.11. The van der Waals surface area contributed by atoms with Crippen molar-refractivity contribution in [3.8, 4) is 0 Å². The molecule has 0 spiro atoms. The molecule has 2 N–H and O–H groups in total. The van der Waals surface area contributed by atoms with Crippen molar-refractivity contribution < 1.29 is 9.53 Å². The summed E-state index contributed by atoms with van der Waals surface area (Å²) in [6.45, 7) is 3.87. The van der Waals surface area contributed by atoms with Crippen LogP contribution >= 0.6 is 12.2 Å². The molecular weight excluding hydrogens is 260 g/mol. The zero-order chi connectivity index (χ0) is 14.3. The maximum Gasteiger partial charge on any atom is 0.228 e. The Labute approximate surface area is 121 Å². The number of carbonyl (C=O) groups excluding carboxylic acids is 1. The lowest BCUT2D eigenvalue weighted by molar-refractivity contribution is -0.143. The molecule has 0 atom stereocenters. The highest BCUT2D eigenvalue weighted by Gasteiger charge is 2.37. The van der Waals surface area contributed by atoms with Gasteiger partial charge in [0.25, 0.3) is 0 Å². The smallest absolute Gasteiger partial charge is 0.228 e. The third-order valence-electron chi connectivity index (χ3n) is 3.95. The number of ether oxygens (including phenoxy) is 1. The first-order chi connectivity index (χ1) is 8.99. The van der Waals surface area contributed by atoms with Gasteiger partial charge in [-0.15, -0.1) is 0 Å². The van der Waals surface area contributed by atoms with Gasteiger partial charge in [-0.3, -0.25) is 4.79 Å². The van der Waals surface area contributed by atoms with Gasteiger partial charge in [-0.05, 0) is 12.8 Å². The van der Waals surface area contributed by atoms with Crippen LogP contribution in [0.3, 0.4) is 0 Å². The molecule has 1 saturated carbocycles. The molecule has 0 aliphatic heterocycles. The van der Waals surface area contributed by atoms with Crippen LogP contribution < -0.4 is 5.73 Å². The summed E-state index contributed by atoms with van der Waals surface area (Å²) in [5.41, 5.74) is 5.34. The molecular formula is C14H26N2O2S. The molecule has 110 valence electrons. The lowest BCUT2D eigenvalue weighted by atomic mass is 9.74. The first-order valence-electron chi connectivity index (χ1n) is 7.06. The zero-order valence-electron chi connectivity index (χ0n) is 12.1. The third-order valence-corrected chi connectivity index (χ3v) is 4.16. The van der Waals surface area contributed by atoms with E-state index >= 15 is 0 Å². The van der Waals surface area contributed by atoms with Gasteiger partial charge in [0.05, 0.1) is 11.6 Å². The number of carbonyl (C=O) groups is 1. The Bertz CT molecular complexity index is 315.